The van der Waals surface area contributed by atoms with E-state index in [9.17, 15) is 0 Å². The second kappa shape index (κ2) is 12.7. The van der Waals surface area contributed by atoms with Crippen LogP contribution in [0.4, 0.5) is 17.1 Å². The average molecular weight is 600 g/mol. The molecule has 0 aliphatic heterocycles. The minimum absolute atomic E-state index is 1.11. The van der Waals surface area contributed by atoms with Gasteiger partial charge in [0.2, 0.25) is 0 Å². The molecule has 8 aromatic rings. The third-order valence-electron chi connectivity index (χ3n) is 8.82. The van der Waals surface area contributed by atoms with E-state index in [1.54, 1.807) is 0 Å². The van der Waals surface area contributed by atoms with Crippen molar-refractivity contribution >= 4 is 73.7 Å². The summed E-state index contributed by atoms with van der Waals surface area (Å²) in [5.74, 6) is 0. The largest absolute Gasteiger partial charge is 0.310 e. The first kappa shape index (κ1) is 28.3. The summed E-state index contributed by atoms with van der Waals surface area (Å²) in [6.07, 6.45) is 8.66. The molecule has 0 spiro atoms. The normalized spacial score (nSPS) is 11.7. The molecule has 0 fully saturated rings. The Kier molecular flexibility index (Phi) is 7.63. The zero-order valence-corrected chi connectivity index (χ0v) is 26.0. The van der Waals surface area contributed by atoms with Crippen molar-refractivity contribution in [3.63, 3.8) is 0 Å². The molecule has 0 bridgehead atoms. The molecule has 0 heterocycles. The Morgan fingerprint density at radius 3 is 1.00 bits per heavy atom. The Morgan fingerprint density at radius 2 is 0.574 bits per heavy atom. The first-order chi connectivity index (χ1) is 23.3. The molecular weight excluding hydrogens is 567 g/mol. The van der Waals surface area contributed by atoms with Crippen LogP contribution >= 0.6 is 0 Å². The molecule has 0 unspecified atom stereocenters. The van der Waals surface area contributed by atoms with Crippen LogP contribution in [0.15, 0.2) is 176 Å². The maximum Gasteiger partial charge on any atom is 0.0468 e. The molecule has 0 N–H and O–H groups in total. The molecule has 8 aromatic carbocycles. The van der Waals surface area contributed by atoms with Crippen LogP contribution in [-0.4, -0.2) is 0 Å². The fourth-order valence-electron chi connectivity index (χ4n) is 6.46. The van der Waals surface area contributed by atoms with E-state index < -0.39 is 0 Å². The maximum absolute atomic E-state index is 2.36. The van der Waals surface area contributed by atoms with Gasteiger partial charge in [-0.2, -0.15) is 0 Å². The first-order valence-corrected chi connectivity index (χ1v) is 16.1. The van der Waals surface area contributed by atoms with Crippen molar-refractivity contribution in [1.82, 2.24) is 0 Å². The lowest BCUT2D eigenvalue weighted by atomic mass is 9.94. The van der Waals surface area contributed by atoms with Crippen molar-refractivity contribution in [2.75, 3.05) is 4.90 Å². The SMILES string of the molecule is C(=Cc1ccc(N(c2ccc(/C=C/c3ccccc3)cc2)c2ccc3c4ccccc4c4ccccc4c3c2)cc1)c1ccccc1. The topological polar surface area (TPSA) is 3.24 Å². The van der Waals surface area contributed by atoms with Gasteiger partial charge in [0.15, 0.2) is 0 Å². The fraction of sp³-hybridized carbons (Fsp3) is 0. The lowest BCUT2D eigenvalue weighted by molar-refractivity contribution is 1.29. The highest BCUT2D eigenvalue weighted by Crippen LogP contribution is 2.41. The van der Waals surface area contributed by atoms with Crippen molar-refractivity contribution in [2.45, 2.75) is 0 Å². The van der Waals surface area contributed by atoms with E-state index >= 15 is 0 Å². The zero-order valence-electron chi connectivity index (χ0n) is 26.0. The summed E-state index contributed by atoms with van der Waals surface area (Å²) in [6, 6.07) is 62.9. The number of fused-ring (bicyclic) bond motifs is 6. The van der Waals surface area contributed by atoms with Crippen LogP contribution in [0.25, 0.3) is 56.6 Å². The number of hydrogen-bond donors (Lipinski definition) is 0. The van der Waals surface area contributed by atoms with Gasteiger partial charge < -0.3 is 4.90 Å². The summed E-state index contributed by atoms with van der Waals surface area (Å²) in [5.41, 5.74) is 8.05. The van der Waals surface area contributed by atoms with E-state index in [2.05, 4.69) is 193 Å². The van der Waals surface area contributed by atoms with Gasteiger partial charge >= 0.3 is 0 Å². The molecule has 0 aliphatic carbocycles. The molecular formula is C46H33N. The van der Waals surface area contributed by atoms with Gasteiger partial charge in [-0.15, -0.1) is 0 Å². The van der Waals surface area contributed by atoms with Crippen LogP contribution < -0.4 is 4.90 Å². The molecule has 222 valence electrons. The Balaban J connectivity index is 1.23. The molecule has 8 rings (SSSR count). The van der Waals surface area contributed by atoms with Gasteiger partial charge in [0.25, 0.3) is 0 Å². The molecule has 0 amide bonds. The van der Waals surface area contributed by atoms with Gasteiger partial charge in [-0.25, -0.2) is 0 Å². The monoisotopic (exact) mass is 599 g/mol. The van der Waals surface area contributed by atoms with Crippen LogP contribution in [0.3, 0.4) is 0 Å². The minimum atomic E-state index is 1.11. The maximum atomic E-state index is 2.36. The van der Waals surface area contributed by atoms with Gasteiger partial charge in [-0.3, -0.25) is 0 Å². The van der Waals surface area contributed by atoms with Gasteiger partial charge in [0, 0.05) is 17.1 Å². The number of rotatable bonds is 7. The van der Waals surface area contributed by atoms with Crippen LogP contribution in [0.1, 0.15) is 22.3 Å². The van der Waals surface area contributed by atoms with E-state index in [-0.39, 0.29) is 0 Å². The summed E-state index contributed by atoms with van der Waals surface area (Å²) < 4.78 is 0. The number of hydrogen-bond acceptors (Lipinski definition) is 1. The molecule has 0 aromatic heterocycles. The molecule has 47 heavy (non-hydrogen) atoms. The standard InChI is InChI=1S/C46H33N/c1-3-11-34(12-4-1)19-21-36-23-27-38(28-24-36)47(39-29-25-37(26-30-39)22-20-35-13-5-2-6-14-35)40-31-32-45-43-17-8-7-15-41(43)42-16-9-10-18-44(42)46(45)33-40/h1-33H/b21-19+,22-20?. The molecule has 0 saturated heterocycles. The van der Waals surface area contributed by atoms with Gasteiger partial charge in [0.05, 0.1) is 0 Å². The van der Waals surface area contributed by atoms with Gasteiger partial charge in [0.1, 0.15) is 0 Å². The third kappa shape index (κ3) is 5.83. The minimum Gasteiger partial charge on any atom is -0.310 e. The van der Waals surface area contributed by atoms with Crippen molar-refractivity contribution in [3.8, 4) is 0 Å². The van der Waals surface area contributed by atoms with E-state index in [0.717, 1.165) is 28.2 Å². The summed E-state index contributed by atoms with van der Waals surface area (Å²) in [5, 5.41) is 7.65. The van der Waals surface area contributed by atoms with Crippen molar-refractivity contribution in [1.29, 1.82) is 0 Å². The van der Waals surface area contributed by atoms with Crippen LogP contribution in [-0.2, 0) is 0 Å². The lowest BCUT2D eigenvalue weighted by Crippen LogP contribution is -2.10. The predicted molar refractivity (Wildman–Crippen MR) is 204 cm³/mol. The third-order valence-corrected chi connectivity index (χ3v) is 8.82. The van der Waals surface area contributed by atoms with Crippen molar-refractivity contribution < 1.29 is 0 Å². The van der Waals surface area contributed by atoms with E-state index in [1.807, 2.05) is 12.1 Å². The summed E-state index contributed by atoms with van der Waals surface area (Å²) in [7, 11) is 0. The molecule has 0 aliphatic rings. The molecule has 1 nitrogen and oxygen atoms in total. The highest BCUT2D eigenvalue weighted by Gasteiger charge is 2.15. The fourth-order valence-corrected chi connectivity index (χ4v) is 6.46. The molecule has 0 saturated carbocycles. The molecule has 0 atom stereocenters. The van der Waals surface area contributed by atoms with E-state index in [1.165, 1.54) is 43.4 Å². The number of anilines is 3. The highest BCUT2D eigenvalue weighted by molar-refractivity contribution is 6.25. The Labute approximate surface area is 276 Å². The summed E-state index contributed by atoms with van der Waals surface area (Å²) in [6.45, 7) is 0. The Hall–Kier alpha value is -6.18. The van der Waals surface area contributed by atoms with Crippen molar-refractivity contribution in [2.24, 2.45) is 0 Å². The molecule has 1 heteroatoms. The van der Waals surface area contributed by atoms with Gasteiger partial charge in [-0.05, 0) is 91.0 Å². The average Bonchev–Trinajstić information content (AvgIpc) is 3.15. The zero-order chi connectivity index (χ0) is 31.4. The summed E-state index contributed by atoms with van der Waals surface area (Å²) in [4.78, 5) is 2.36. The van der Waals surface area contributed by atoms with Crippen LogP contribution in [0.5, 0.6) is 0 Å². The van der Waals surface area contributed by atoms with E-state index in [0.29, 0.717) is 0 Å². The van der Waals surface area contributed by atoms with Crippen molar-refractivity contribution in [3.05, 3.63) is 198 Å². The van der Waals surface area contributed by atoms with E-state index in [4.69, 9.17) is 0 Å². The second-order valence-corrected chi connectivity index (χ2v) is 11.8. The second-order valence-electron chi connectivity index (χ2n) is 11.8. The van der Waals surface area contributed by atoms with Gasteiger partial charge in [-0.1, -0.05) is 164 Å². The smallest absolute Gasteiger partial charge is 0.0468 e. The molecule has 0 radical (unpaired) electrons. The predicted octanol–water partition coefficient (Wildman–Crippen LogP) is 13.0. The highest BCUT2D eigenvalue weighted by atomic mass is 15.1. The number of benzene rings is 8. The lowest BCUT2D eigenvalue weighted by Gasteiger charge is -2.26. The Morgan fingerprint density at radius 1 is 0.255 bits per heavy atom. The first-order valence-electron chi connectivity index (χ1n) is 16.1. The Bertz CT molecular complexity index is 2240. The van der Waals surface area contributed by atoms with Crippen LogP contribution in [0.2, 0.25) is 0 Å². The number of nitrogens with zero attached hydrogens (tertiary/aromatic N) is 1. The quantitative estimate of drug-likeness (QED) is 0.130. The van der Waals surface area contributed by atoms with Crippen LogP contribution in [0, 0.1) is 0 Å². The summed E-state index contributed by atoms with van der Waals surface area (Å²) >= 11 is 0.